The topological polar surface area (TPSA) is 24.1 Å². The number of benzene rings is 1. The first-order valence-electron chi connectivity index (χ1n) is 6.30. The summed E-state index contributed by atoms with van der Waals surface area (Å²) in [4.78, 5) is 0. The van der Waals surface area contributed by atoms with Gasteiger partial charge in [-0.25, -0.2) is 0 Å². The van der Waals surface area contributed by atoms with E-state index >= 15 is 0 Å². The highest BCUT2D eigenvalue weighted by Crippen LogP contribution is 2.40. The van der Waals surface area contributed by atoms with Gasteiger partial charge >= 0.3 is 0 Å². The highest BCUT2D eigenvalue weighted by atomic mass is 35.5. The molecule has 1 fully saturated rings. The van der Waals surface area contributed by atoms with Crippen LogP contribution in [0.25, 0.3) is 0 Å². The van der Waals surface area contributed by atoms with E-state index in [9.17, 15) is 0 Å². The second-order valence-corrected chi connectivity index (χ2v) is 5.63. The van der Waals surface area contributed by atoms with E-state index in [2.05, 4.69) is 23.6 Å². The van der Waals surface area contributed by atoms with E-state index < -0.39 is 0 Å². The maximum atomic E-state index is 6.02. The van der Waals surface area contributed by atoms with Crippen LogP contribution in [0, 0.1) is 12.3 Å². The number of aryl methyl sites for hydroxylation is 1. The van der Waals surface area contributed by atoms with Crippen LogP contribution in [0.5, 0.6) is 0 Å². The molecule has 0 amide bonds. The molecule has 0 heterocycles. The van der Waals surface area contributed by atoms with E-state index in [-0.39, 0.29) is 0 Å². The lowest BCUT2D eigenvalue weighted by Crippen LogP contribution is -2.44. The molecule has 0 aliphatic heterocycles. The molecular formula is C14H21ClN2. The van der Waals surface area contributed by atoms with E-state index in [0.717, 1.165) is 18.1 Å². The van der Waals surface area contributed by atoms with Gasteiger partial charge in [-0.3, -0.25) is 0 Å². The van der Waals surface area contributed by atoms with Crippen LogP contribution < -0.4 is 10.6 Å². The molecule has 0 unspecified atom stereocenters. The Hall–Kier alpha value is -0.730. The van der Waals surface area contributed by atoms with Crippen LogP contribution in [0.2, 0.25) is 5.02 Å². The lowest BCUT2D eigenvalue weighted by atomic mass is 9.68. The highest BCUT2D eigenvalue weighted by Gasteiger charge is 2.35. The Morgan fingerprint density at radius 3 is 2.65 bits per heavy atom. The summed E-state index contributed by atoms with van der Waals surface area (Å²) < 4.78 is 0. The van der Waals surface area contributed by atoms with Crippen molar-refractivity contribution in [2.45, 2.75) is 26.2 Å². The van der Waals surface area contributed by atoms with Gasteiger partial charge in [-0.05, 0) is 44.5 Å². The van der Waals surface area contributed by atoms with Gasteiger partial charge in [0.1, 0.15) is 0 Å². The average Bonchev–Trinajstić information content (AvgIpc) is 2.26. The first-order chi connectivity index (χ1) is 8.15. The second-order valence-electron chi connectivity index (χ2n) is 5.20. The van der Waals surface area contributed by atoms with Gasteiger partial charge in [0.25, 0.3) is 0 Å². The molecule has 0 aromatic heterocycles. The zero-order valence-electron chi connectivity index (χ0n) is 10.6. The SMILES string of the molecule is CNCC1(CNc2cc(Cl)ccc2C)CCC1. The van der Waals surface area contributed by atoms with Gasteiger partial charge in [-0.2, -0.15) is 0 Å². The Morgan fingerprint density at radius 1 is 1.29 bits per heavy atom. The molecule has 0 radical (unpaired) electrons. The van der Waals surface area contributed by atoms with Crippen molar-refractivity contribution in [3.63, 3.8) is 0 Å². The summed E-state index contributed by atoms with van der Waals surface area (Å²) in [6, 6.07) is 6.02. The van der Waals surface area contributed by atoms with Crippen LogP contribution in [-0.2, 0) is 0 Å². The van der Waals surface area contributed by atoms with Crippen molar-refractivity contribution in [2.75, 3.05) is 25.5 Å². The molecular weight excluding hydrogens is 232 g/mol. The molecule has 3 heteroatoms. The lowest BCUT2D eigenvalue weighted by Gasteiger charge is -2.42. The normalized spacial score (nSPS) is 17.6. The average molecular weight is 253 g/mol. The third-order valence-electron chi connectivity index (χ3n) is 3.82. The summed E-state index contributed by atoms with van der Waals surface area (Å²) in [5.41, 5.74) is 2.87. The first-order valence-corrected chi connectivity index (χ1v) is 6.68. The van der Waals surface area contributed by atoms with E-state index in [1.807, 2.05) is 19.2 Å². The molecule has 1 aromatic carbocycles. The number of hydrogen-bond acceptors (Lipinski definition) is 2. The molecule has 17 heavy (non-hydrogen) atoms. The van der Waals surface area contributed by atoms with Crippen molar-refractivity contribution >= 4 is 17.3 Å². The molecule has 1 saturated carbocycles. The lowest BCUT2D eigenvalue weighted by molar-refractivity contribution is 0.151. The van der Waals surface area contributed by atoms with Crippen LogP contribution in [0.3, 0.4) is 0 Å². The fraction of sp³-hybridized carbons (Fsp3) is 0.571. The van der Waals surface area contributed by atoms with Crippen molar-refractivity contribution in [1.29, 1.82) is 0 Å². The Balaban J connectivity index is 1.99. The summed E-state index contributed by atoms with van der Waals surface area (Å²) in [6.45, 7) is 4.25. The minimum Gasteiger partial charge on any atom is -0.384 e. The number of halogens is 1. The van der Waals surface area contributed by atoms with Crippen LogP contribution in [0.4, 0.5) is 5.69 Å². The zero-order chi connectivity index (χ0) is 12.3. The number of rotatable bonds is 5. The molecule has 0 spiro atoms. The van der Waals surface area contributed by atoms with Gasteiger partial charge in [0.2, 0.25) is 0 Å². The molecule has 2 N–H and O–H groups in total. The first kappa shape index (κ1) is 12.7. The van der Waals surface area contributed by atoms with Crippen molar-refractivity contribution in [3.05, 3.63) is 28.8 Å². The molecule has 0 bridgehead atoms. The van der Waals surface area contributed by atoms with Crippen LogP contribution in [0.15, 0.2) is 18.2 Å². The van der Waals surface area contributed by atoms with Crippen LogP contribution in [0.1, 0.15) is 24.8 Å². The predicted molar refractivity (Wildman–Crippen MR) is 74.9 cm³/mol. The van der Waals surface area contributed by atoms with E-state index in [1.54, 1.807) is 0 Å². The minimum atomic E-state index is 0.448. The fourth-order valence-corrected chi connectivity index (χ4v) is 2.71. The summed E-state index contributed by atoms with van der Waals surface area (Å²) in [6.07, 6.45) is 4.00. The standard InChI is InChI=1S/C14H21ClN2/c1-11-4-5-12(15)8-13(11)17-10-14(9-16-2)6-3-7-14/h4-5,8,16-17H,3,6-7,9-10H2,1-2H3. The van der Waals surface area contributed by atoms with Gasteiger partial charge in [0.15, 0.2) is 0 Å². The highest BCUT2D eigenvalue weighted by molar-refractivity contribution is 6.30. The van der Waals surface area contributed by atoms with Gasteiger partial charge in [-0.15, -0.1) is 0 Å². The fourth-order valence-electron chi connectivity index (χ4n) is 2.54. The van der Waals surface area contributed by atoms with Crippen molar-refractivity contribution in [2.24, 2.45) is 5.41 Å². The second kappa shape index (κ2) is 5.28. The molecule has 0 saturated heterocycles. The number of anilines is 1. The molecule has 2 rings (SSSR count). The molecule has 94 valence electrons. The van der Waals surface area contributed by atoms with Crippen LogP contribution >= 0.6 is 11.6 Å². The zero-order valence-corrected chi connectivity index (χ0v) is 11.4. The Labute approximate surface area is 109 Å². The van der Waals surface area contributed by atoms with Crippen molar-refractivity contribution in [3.8, 4) is 0 Å². The molecule has 1 aromatic rings. The van der Waals surface area contributed by atoms with E-state index in [4.69, 9.17) is 11.6 Å². The Bertz CT molecular complexity index is 386. The van der Waals surface area contributed by atoms with Gasteiger partial charge in [0, 0.05) is 29.2 Å². The summed E-state index contributed by atoms with van der Waals surface area (Å²) in [7, 11) is 2.03. The number of hydrogen-bond donors (Lipinski definition) is 2. The van der Waals surface area contributed by atoms with E-state index in [1.165, 1.54) is 30.5 Å². The Kier molecular flexibility index (Phi) is 3.95. The van der Waals surface area contributed by atoms with Crippen molar-refractivity contribution < 1.29 is 0 Å². The third kappa shape index (κ3) is 2.93. The van der Waals surface area contributed by atoms with Gasteiger partial charge in [0.05, 0.1) is 0 Å². The predicted octanol–water partition coefficient (Wildman–Crippen LogP) is 3.45. The Morgan fingerprint density at radius 2 is 2.06 bits per heavy atom. The summed E-state index contributed by atoms with van der Waals surface area (Å²) >= 11 is 6.02. The molecule has 0 atom stereocenters. The summed E-state index contributed by atoms with van der Waals surface area (Å²) in [5.74, 6) is 0. The van der Waals surface area contributed by atoms with E-state index in [0.29, 0.717) is 5.41 Å². The molecule has 1 aliphatic carbocycles. The van der Waals surface area contributed by atoms with Gasteiger partial charge in [-0.1, -0.05) is 24.1 Å². The molecule has 2 nitrogen and oxygen atoms in total. The quantitative estimate of drug-likeness (QED) is 0.839. The summed E-state index contributed by atoms with van der Waals surface area (Å²) in [5, 5.41) is 7.66. The van der Waals surface area contributed by atoms with Crippen molar-refractivity contribution in [1.82, 2.24) is 5.32 Å². The maximum Gasteiger partial charge on any atom is 0.0426 e. The van der Waals surface area contributed by atoms with Gasteiger partial charge < -0.3 is 10.6 Å². The largest absolute Gasteiger partial charge is 0.384 e. The third-order valence-corrected chi connectivity index (χ3v) is 4.05. The minimum absolute atomic E-state index is 0.448. The number of nitrogens with one attached hydrogen (secondary N) is 2. The smallest absolute Gasteiger partial charge is 0.0426 e. The van der Waals surface area contributed by atoms with Crippen LogP contribution in [-0.4, -0.2) is 20.1 Å². The monoisotopic (exact) mass is 252 g/mol. The molecule has 1 aliphatic rings. The maximum absolute atomic E-state index is 6.02.